The number of rotatable bonds is 7. The average molecular weight is 465 g/mol. The van der Waals surface area contributed by atoms with Crippen molar-refractivity contribution in [2.75, 3.05) is 7.11 Å². The Bertz CT molecular complexity index is 1510. The molecule has 0 aliphatic carbocycles. The van der Waals surface area contributed by atoms with Crippen molar-refractivity contribution in [3.8, 4) is 0 Å². The minimum Gasteiger partial charge on any atom is -0.468 e. The van der Waals surface area contributed by atoms with E-state index in [0.717, 1.165) is 11.8 Å². The molecule has 2 N–H and O–H groups in total. The molecule has 0 aliphatic rings. The molecular formula is C22H19N5O5S. The van der Waals surface area contributed by atoms with E-state index in [1.54, 1.807) is 48.5 Å². The summed E-state index contributed by atoms with van der Waals surface area (Å²) in [6.07, 6.45) is 0. The lowest BCUT2D eigenvalue weighted by Crippen LogP contribution is -2.31. The molecule has 2 aromatic carbocycles. The predicted molar refractivity (Wildman–Crippen MR) is 123 cm³/mol. The van der Waals surface area contributed by atoms with Crippen LogP contribution in [0.3, 0.4) is 0 Å². The second-order valence-electron chi connectivity index (χ2n) is 7.07. The van der Waals surface area contributed by atoms with Crippen molar-refractivity contribution in [3.05, 3.63) is 75.1 Å². The van der Waals surface area contributed by atoms with Crippen LogP contribution in [0.1, 0.15) is 5.82 Å². The SMILES string of the molecule is COC(=O)Cn1c(SCc2nc3ccccc3c(=O)n2CC(N)=O)nc2ccccc2c1=O. The molecule has 0 saturated heterocycles. The lowest BCUT2D eigenvalue weighted by Gasteiger charge is -2.14. The van der Waals surface area contributed by atoms with E-state index in [-0.39, 0.29) is 29.8 Å². The van der Waals surface area contributed by atoms with Gasteiger partial charge in [0.15, 0.2) is 5.16 Å². The minimum atomic E-state index is -0.688. The van der Waals surface area contributed by atoms with Crippen molar-refractivity contribution >= 4 is 45.4 Å². The molecule has 11 heteroatoms. The first-order valence-corrected chi connectivity index (χ1v) is 10.8. The van der Waals surface area contributed by atoms with Gasteiger partial charge in [-0.3, -0.25) is 28.3 Å². The van der Waals surface area contributed by atoms with E-state index in [1.165, 1.54) is 16.2 Å². The zero-order chi connectivity index (χ0) is 23.5. The highest BCUT2D eigenvalue weighted by atomic mass is 32.2. The maximum Gasteiger partial charge on any atom is 0.325 e. The molecule has 4 rings (SSSR count). The van der Waals surface area contributed by atoms with Crippen LogP contribution in [0.5, 0.6) is 0 Å². The van der Waals surface area contributed by atoms with Crippen molar-refractivity contribution in [1.82, 2.24) is 19.1 Å². The molecule has 1 amide bonds. The molecule has 2 aromatic heterocycles. The summed E-state index contributed by atoms with van der Waals surface area (Å²) >= 11 is 1.11. The van der Waals surface area contributed by atoms with E-state index >= 15 is 0 Å². The topological polar surface area (TPSA) is 139 Å². The number of fused-ring (bicyclic) bond motifs is 2. The maximum atomic E-state index is 13.0. The zero-order valence-corrected chi connectivity index (χ0v) is 18.4. The van der Waals surface area contributed by atoms with Crippen LogP contribution in [0.2, 0.25) is 0 Å². The van der Waals surface area contributed by atoms with Crippen molar-refractivity contribution < 1.29 is 14.3 Å². The summed E-state index contributed by atoms with van der Waals surface area (Å²) in [5.41, 5.74) is 5.49. The largest absolute Gasteiger partial charge is 0.468 e. The lowest BCUT2D eigenvalue weighted by atomic mass is 10.2. The van der Waals surface area contributed by atoms with Crippen LogP contribution < -0.4 is 16.9 Å². The van der Waals surface area contributed by atoms with Gasteiger partial charge in [-0.25, -0.2) is 9.97 Å². The van der Waals surface area contributed by atoms with E-state index in [1.807, 2.05) is 0 Å². The average Bonchev–Trinajstić information content (AvgIpc) is 2.81. The number of para-hydroxylation sites is 2. The zero-order valence-electron chi connectivity index (χ0n) is 17.6. The third-order valence-corrected chi connectivity index (χ3v) is 5.90. The van der Waals surface area contributed by atoms with Crippen LogP contribution in [0.25, 0.3) is 21.8 Å². The van der Waals surface area contributed by atoms with Gasteiger partial charge in [0.1, 0.15) is 18.9 Å². The number of carbonyl (C=O) groups is 2. The summed E-state index contributed by atoms with van der Waals surface area (Å²) in [5.74, 6) is -0.911. The molecule has 2 heterocycles. The summed E-state index contributed by atoms with van der Waals surface area (Å²) in [7, 11) is 1.23. The Morgan fingerprint density at radius 2 is 1.48 bits per heavy atom. The van der Waals surface area contributed by atoms with Crippen LogP contribution in [-0.4, -0.2) is 38.1 Å². The van der Waals surface area contributed by atoms with Gasteiger partial charge < -0.3 is 10.5 Å². The van der Waals surface area contributed by atoms with Crippen LogP contribution in [0, 0.1) is 0 Å². The van der Waals surface area contributed by atoms with Crippen LogP contribution in [-0.2, 0) is 33.2 Å². The second-order valence-corrected chi connectivity index (χ2v) is 8.01. The fourth-order valence-corrected chi connectivity index (χ4v) is 4.31. The molecule has 0 saturated carbocycles. The van der Waals surface area contributed by atoms with Crippen molar-refractivity contribution in [2.45, 2.75) is 24.0 Å². The number of hydrogen-bond acceptors (Lipinski definition) is 8. The van der Waals surface area contributed by atoms with Gasteiger partial charge in [-0.05, 0) is 24.3 Å². The van der Waals surface area contributed by atoms with Crippen molar-refractivity contribution in [2.24, 2.45) is 5.73 Å². The van der Waals surface area contributed by atoms with E-state index in [2.05, 4.69) is 9.97 Å². The minimum absolute atomic E-state index is 0.0965. The third kappa shape index (κ3) is 4.48. The number of aromatic nitrogens is 4. The Hall–Kier alpha value is -3.99. The van der Waals surface area contributed by atoms with E-state index in [0.29, 0.717) is 21.8 Å². The van der Waals surface area contributed by atoms with Gasteiger partial charge in [0.05, 0.1) is 34.7 Å². The van der Waals surface area contributed by atoms with Crippen molar-refractivity contribution in [1.29, 1.82) is 0 Å². The highest BCUT2D eigenvalue weighted by Gasteiger charge is 2.18. The molecule has 0 unspecified atom stereocenters. The van der Waals surface area contributed by atoms with Crippen LogP contribution >= 0.6 is 11.8 Å². The summed E-state index contributed by atoms with van der Waals surface area (Å²) in [5, 5.41) is 0.969. The van der Waals surface area contributed by atoms with Gasteiger partial charge in [-0.1, -0.05) is 36.0 Å². The van der Waals surface area contributed by atoms with Gasteiger partial charge in [0, 0.05) is 0 Å². The number of nitrogens with two attached hydrogens (primary N) is 1. The molecule has 0 aliphatic heterocycles. The molecule has 168 valence electrons. The summed E-state index contributed by atoms with van der Waals surface area (Å²) in [6.45, 7) is -0.665. The number of esters is 1. The van der Waals surface area contributed by atoms with Crippen molar-refractivity contribution in [3.63, 3.8) is 0 Å². The standard InChI is InChI=1S/C22H19N5O5S/c1-32-19(29)11-27-21(31)14-7-3-5-9-16(14)25-22(27)33-12-18-24-15-8-4-2-6-13(15)20(30)26(18)10-17(23)28/h2-9H,10-12H2,1H3,(H2,23,28). The molecule has 4 aromatic rings. The molecule has 0 atom stereocenters. The van der Waals surface area contributed by atoms with E-state index < -0.39 is 23.0 Å². The fraction of sp³-hybridized carbons (Fsp3) is 0.182. The molecule has 0 spiro atoms. The number of methoxy groups -OCH3 is 1. The first-order chi connectivity index (χ1) is 15.9. The Balaban J connectivity index is 1.80. The highest BCUT2D eigenvalue weighted by Crippen LogP contribution is 2.22. The van der Waals surface area contributed by atoms with E-state index in [4.69, 9.17) is 10.5 Å². The maximum absolute atomic E-state index is 13.0. The van der Waals surface area contributed by atoms with Gasteiger partial charge in [-0.2, -0.15) is 0 Å². The van der Waals surface area contributed by atoms with Gasteiger partial charge in [-0.15, -0.1) is 0 Å². The number of nitrogens with zero attached hydrogens (tertiary/aromatic N) is 4. The fourth-order valence-electron chi connectivity index (χ4n) is 3.36. The van der Waals surface area contributed by atoms with Crippen LogP contribution in [0.4, 0.5) is 0 Å². The van der Waals surface area contributed by atoms with Gasteiger partial charge in [0.25, 0.3) is 11.1 Å². The molecule has 33 heavy (non-hydrogen) atoms. The third-order valence-electron chi connectivity index (χ3n) is 4.93. The van der Waals surface area contributed by atoms with Crippen LogP contribution in [0.15, 0.2) is 63.3 Å². The lowest BCUT2D eigenvalue weighted by molar-refractivity contribution is -0.141. The Morgan fingerprint density at radius 1 is 0.909 bits per heavy atom. The van der Waals surface area contributed by atoms with E-state index in [9.17, 15) is 19.2 Å². The Labute approximate surface area is 191 Å². The monoisotopic (exact) mass is 465 g/mol. The normalized spacial score (nSPS) is 11.1. The molecule has 0 bridgehead atoms. The predicted octanol–water partition coefficient (Wildman–Crippen LogP) is 1.06. The molecule has 10 nitrogen and oxygen atoms in total. The highest BCUT2D eigenvalue weighted by molar-refractivity contribution is 7.98. The smallest absolute Gasteiger partial charge is 0.325 e. The first-order valence-electron chi connectivity index (χ1n) is 9.85. The van der Waals surface area contributed by atoms with Gasteiger partial charge in [0.2, 0.25) is 5.91 Å². The summed E-state index contributed by atoms with van der Waals surface area (Å²) in [4.78, 5) is 58.6. The number of carbonyl (C=O) groups excluding carboxylic acids is 2. The number of thioether (sulfide) groups is 1. The summed E-state index contributed by atoms with van der Waals surface area (Å²) < 4.78 is 7.15. The molecule has 0 radical (unpaired) electrons. The Morgan fingerprint density at radius 3 is 2.09 bits per heavy atom. The first kappa shape index (κ1) is 22.2. The van der Waals surface area contributed by atoms with Gasteiger partial charge >= 0.3 is 5.97 Å². The number of amides is 1. The number of primary amides is 1. The number of hydrogen-bond donors (Lipinski definition) is 1. The Kier molecular flexibility index (Phi) is 6.22. The molecular weight excluding hydrogens is 446 g/mol. The number of benzene rings is 2. The summed E-state index contributed by atoms with van der Waals surface area (Å²) in [6, 6.07) is 13.6. The number of ether oxygens (including phenoxy) is 1. The quantitative estimate of drug-likeness (QED) is 0.243. The molecule has 0 fully saturated rings. The second kappa shape index (κ2) is 9.25.